The average molecular weight is 336 g/mol. The van der Waals surface area contributed by atoms with Crippen molar-refractivity contribution in [3.63, 3.8) is 0 Å². The Morgan fingerprint density at radius 1 is 0.526 bits per heavy atom. The molecule has 19 heavy (non-hydrogen) atoms. The van der Waals surface area contributed by atoms with E-state index in [4.69, 9.17) is 0 Å². The molecule has 0 aromatic carbocycles. The standard InChI is InChI=1S/C10H8N2.C5H5N.Ru/c1-3-7-11-9(5-1)10-6-2-4-8-12-10;1-2-4-6-5-3-1;/h1-8H;1-5H;. The van der Waals surface area contributed by atoms with Gasteiger partial charge in [-0.05, 0) is 36.4 Å². The van der Waals surface area contributed by atoms with E-state index in [9.17, 15) is 0 Å². The van der Waals surface area contributed by atoms with Gasteiger partial charge in [0, 0.05) is 44.3 Å². The van der Waals surface area contributed by atoms with E-state index in [1.807, 2.05) is 54.6 Å². The van der Waals surface area contributed by atoms with Gasteiger partial charge in [-0.15, -0.1) is 0 Å². The van der Waals surface area contributed by atoms with Crippen LogP contribution >= 0.6 is 0 Å². The van der Waals surface area contributed by atoms with E-state index in [0.717, 1.165) is 11.4 Å². The molecule has 0 bridgehead atoms. The number of hydrogen-bond acceptors (Lipinski definition) is 3. The minimum Gasteiger partial charge on any atom is -0.265 e. The van der Waals surface area contributed by atoms with Gasteiger partial charge in [0.25, 0.3) is 0 Å². The molecule has 3 aromatic heterocycles. The molecule has 0 fully saturated rings. The molecular weight excluding hydrogens is 323 g/mol. The Bertz CT molecular complexity index is 480. The molecular formula is C15H13N3Ru. The molecule has 3 rings (SSSR count). The number of nitrogens with zero attached hydrogens (tertiary/aromatic N) is 3. The van der Waals surface area contributed by atoms with Gasteiger partial charge in [-0.25, -0.2) is 0 Å². The van der Waals surface area contributed by atoms with Gasteiger partial charge >= 0.3 is 0 Å². The molecule has 3 aromatic rings. The monoisotopic (exact) mass is 337 g/mol. The van der Waals surface area contributed by atoms with Gasteiger partial charge in [-0.1, -0.05) is 18.2 Å². The molecule has 3 nitrogen and oxygen atoms in total. The Labute approximate surface area is 125 Å². The predicted molar refractivity (Wildman–Crippen MR) is 71.7 cm³/mol. The van der Waals surface area contributed by atoms with Crippen molar-refractivity contribution in [2.45, 2.75) is 0 Å². The Morgan fingerprint density at radius 2 is 1.00 bits per heavy atom. The first-order valence-electron chi connectivity index (χ1n) is 5.64. The predicted octanol–water partition coefficient (Wildman–Crippen LogP) is 3.22. The largest absolute Gasteiger partial charge is 0.265 e. The molecule has 0 amide bonds. The van der Waals surface area contributed by atoms with Crippen LogP contribution in [0.2, 0.25) is 0 Å². The van der Waals surface area contributed by atoms with E-state index in [-0.39, 0.29) is 19.5 Å². The second kappa shape index (κ2) is 9.06. The molecule has 0 saturated carbocycles. The first-order chi connectivity index (χ1) is 8.97. The van der Waals surface area contributed by atoms with Crippen molar-refractivity contribution in [3.8, 4) is 11.4 Å². The normalized spacial score (nSPS) is 8.63. The van der Waals surface area contributed by atoms with Crippen molar-refractivity contribution in [2.75, 3.05) is 0 Å². The molecule has 0 aliphatic rings. The number of aromatic nitrogens is 3. The van der Waals surface area contributed by atoms with Crippen LogP contribution in [0.4, 0.5) is 0 Å². The van der Waals surface area contributed by atoms with Crippen LogP contribution in [0.1, 0.15) is 0 Å². The topological polar surface area (TPSA) is 38.7 Å². The zero-order chi connectivity index (χ0) is 12.5. The maximum atomic E-state index is 4.19. The quantitative estimate of drug-likeness (QED) is 0.641. The van der Waals surface area contributed by atoms with Gasteiger partial charge in [-0.2, -0.15) is 0 Å². The molecule has 96 valence electrons. The fourth-order valence-corrected chi connectivity index (χ4v) is 1.34. The van der Waals surface area contributed by atoms with E-state index >= 15 is 0 Å². The average Bonchev–Trinajstić information content (AvgIpc) is 2.51. The third-order valence-electron chi connectivity index (χ3n) is 2.16. The number of rotatable bonds is 1. The van der Waals surface area contributed by atoms with Gasteiger partial charge in [0.2, 0.25) is 0 Å². The minimum absolute atomic E-state index is 0. The summed E-state index contributed by atoms with van der Waals surface area (Å²) in [6.45, 7) is 0. The Hall–Kier alpha value is -1.93. The molecule has 0 atom stereocenters. The van der Waals surface area contributed by atoms with E-state index in [1.165, 1.54) is 0 Å². The van der Waals surface area contributed by atoms with Crippen molar-refractivity contribution < 1.29 is 19.5 Å². The van der Waals surface area contributed by atoms with Crippen LogP contribution in [0, 0.1) is 0 Å². The second-order valence-corrected chi connectivity index (χ2v) is 3.45. The number of hydrogen-bond donors (Lipinski definition) is 0. The van der Waals surface area contributed by atoms with Crippen LogP contribution in [-0.2, 0) is 19.5 Å². The number of pyridine rings is 3. The summed E-state index contributed by atoms with van der Waals surface area (Å²) in [5.74, 6) is 0. The SMILES string of the molecule is [Ru].c1ccc(-c2ccccn2)nc1.c1ccncc1. The summed E-state index contributed by atoms with van der Waals surface area (Å²) in [5.41, 5.74) is 1.83. The molecule has 0 aliphatic carbocycles. The maximum absolute atomic E-state index is 4.19. The molecule has 0 N–H and O–H groups in total. The first-order valence-corrected chi connectivity index (χ1v) is 5.64. The van der Waals surface area contributed by atoms with Gasteiger partial charge in [-0.3, -0.25) is 15.0 Å². The summed E-state index contributed by atoms with van der Waals surface area (Å²) in [5, 5.41) is 0. The van der Waals surface area contributed by atoms with Gasteiger partial charge in [0.1, 0.15) is 0 Å². The summed E-state index contributed by atoms with van der Waals surface area (Å²) < 4.78 is 0. The Kier molecular flexibility index (Phi) is 7.22. The maximum Gasteiger partial charge on any atom is 0.0886 e. The van der Waals surface area contributed by atoms with Crippen LogP contribution < -0.4 is 0 Å². The van der Waals surface area contributed by atoms with E-state index < -0.39 is 0 Å². The van der Waals surface area contributed by atoms with Gasteiger partial charge in [0.15, 0.2) is 0 Å². The van der Waals surface area contributed by atoms with E-state index in [1.54, 1.807) is 24.8 Å². The zero-order valence-corrected chi connectivity index (χ0v) is 11.9. The fraction of sp³-hybridized carbons (Fsp3) is 0. The summed E-state index contributed by atoms with van der Waals surface area (Å²) in [7, 11) is 0. The third kappa shape index (κ3) is 5.49. The van der Waals surface area contributed by atoms with Crippen molar-refractivity contribution in [1.29, 1.82) is 0 Å². The Morgan fingerprint density at radius 3 is 1.26 bits per heavy atom. The van der Waals surface area contributed by atoms with Crippen molar-refractivity contribution >= 4 is 0 Å². The molecule has 3 heterocycles. The van der Waals surface area contributed by atoms with Crippen LogP contribution in [0.3, 0.4) is 0 Å². The van der Waals surface area contributed by atoms with E-state index in [2.05, 4.69) is 15.0 Å². The van der Waals surface area contributed by atoms with Crippen molar-refractivity contribution in [1.82, 2.24) is 15.0 Å². The summed E-state index contributed by atoms with van der Waals surface area (Å²) in [6, 6.07) is 17.3. The van der Waals surface area contributed by atoms with Crippen LogP contribution in [0.25, 0.3) is 11.4 Å². The minimum atomic E-state index is 0. The summed E-state index contributed by atoms with van der Waals surface area (Å²) in [4.78, 5) is 12.2. The molecule has 4 heteroatoms. The smallest absolute Gasteiger partial charge is 0.0886 e. The fourth-order valence-electron chi connectivity index (χ4n) is 1.34. The molecule has 0 saturated heterocycles. The van der Waals surface area contributed by atoms with Gasteiger partial charge in [0.05, 0.1) is 11.4 Å². The summed E-state index contributed by atoms with van der Waals surface area (Å²) in [6.07, 6.45) is 7.04. The van der Waals surface area contributed by atoms with Crippen LogP contribution in [-0.4, -0.2) is 15.0 Å². The molecule has 0 unspecified atom stereocenters. The van der Waals surface area contributed by atoms with E-state index in [0.29, 0.717) is 0 Å². The van der Waals surface area contributed by atoms with Gasteiger partial charge < -0.3 is 0 Å². The molecule has 0 radical (unpaired) electrons. The van der Waals surface area contributed by atoms with Crippen molar-refractivity contribution in [3.05, 3.63) is 79.4 Å². The molecule has 0 aliphatic heterocycles. The van der Waals surface area contributed by atoms with Crippen LogP contribution in [0.5, 0.6) is 0 Å². The third-order valence-corrected chi connectivity index (χ3v) is 2.16. The summed E-state index contributed by atoms with van der Waals surface area (Å²) >= 11 is 0. The first kappa shape index (κ1) is 15.1. The Balaban J connectivity index is 0.000000220. The molecule has 0 spiro atoms. The zero-order valence-electron chi connectivity index (χ0n) is 10.2. The van der Waals surface area contributed by atoms with Crippen molar-refractivity contribution in [2.24, 2.45) is 0 Å². The van der Waals surface area contributed by atoms with Crippen LogP contribution in [0.15, 0.2) is 79.4 Å². The second-order valence-electron chi connectivity index (χ2n) is 3.45.